The van der Waals surface area contributed by atoms with E-state index in [1.807, 2.05) is 34.0 Å². The highest BCUT2D eigenvalue weighted by atomic mass is 16.5. The molecule has 1 aromatic carbocycles. The second-order valence-corrected chi connectivity index (χ2v) is 6.48. The highest BCUT2D eigenvalue weighted by Gasteiger charge is 2.21. The van der Waals surface area contributed by atoms with Crippen LogP contribution in [0, 0.1) is 0 Å². The number of hydrogen-bond donors (Lipinski definition) is 0. The molecule has 0 N–H and O–H groups in total. The molecule has 1 saturated heterocycles. The van der Waals surface area contributed by atoms with Crippen molar-refractivity contribution in [1.82, 2.24) is 24.8 Å². The molecule has 8 heteroatoms. The van der Waals surface area contributed by atoms with Crippen LogP contribution < -0.4 is 4.90 Å². The number of carbonyl (C=O) groups excluding carboxylic acids is 1. The normalized spacial score (nSPS) is 15.3. The Morgan fingerprint density at radius 2 is 2.00 bits per heavy atom. The molecule has 1 fully saturated rings. The van der Waals surface area contributed by atoms with Gasteiger partial charge in [-0.3, -0.25) is 9.48 Å². The summed E-state index contributed by atoms with van der Waals surface area (Å²) in [5, 5.41) is 9.62. The van der Waals surface area contributed by atoms with Crippen LogP contribution in [0.4, 0.5) is 5.95 Å². The number of amides is 1. The Labute approximate surface area is 145 Å². The Bertz CT molecular complexity index is 892. The van der Waals surface area contributed by atoms with Crippen LogP contribution in [0.3, 0.4) is 0 Å². The number of anilines is 1. The molecule has 1 aliphatic rings. The van der Waals surface area contributed by atoms with Gasteiger partial charge in [0.1, 0.15) is 0 Å². The first-order valence-electron chi connectivity index (χ1n) is 8.41. The van der Waals surface area contributed by atoms with E-state index in [1.54, 1.807) is 4.90 Å². The quantitative estimate of drug-likeness (QED) is 0.675. The molecule has 0 atom stereocenters. The molecule has 0 saturated carbocycles. The Kier molecular flexibility index (Phi) is 3.87. The maximum atomic E-state index is 10.8. The van der Waals surface area contributed by atoms with Crippen LogP contribution in [-0.4, -0.2) is 57.4 Å². The number of hydrogen-bond acceptors (Lipinski definition) is 6. The third kappa shape index (κ3) is 2.84. The summed E-state index contributed by atoms with van der Waals surface area (Å²) < 4.78 is 7.45. The summed E-state index contributed by atoms with van der Waals surface area (Å²) in [5.74, 6) is 1.06. The van der Waals surface area contributed by atoms with E-state index in [1.165, 1.54) is 0 Å². The van der Waals surface area contributed by atoms with Crippen molar-refractivity contribution in [3.63, 3.8) is 0 Å². The zero-order chi connectivity index (χ0) is 17.4. The minimum Gasteiger partial charge on any atom is -0.342 e. The highest BCUT2D eigenvalue weighted by molar-refractivity contribution is 5.83. The lowest BCUT2D eigenvalue weighted by Crippen LogP contribution is -2.46. The predicted octanol–water partition coefficient (Wildman–Crippen LogP) is 1.95. The lowest BCUT2D eigenvalue weighted by atomic mass is 10.1. The van der Waals surface area contributed by atoms with E-state index in [0.29, 0.717) is 38.0 Å². The predicted molar refractivity (Wildman–Crippen MR) is 93.3 cm³/mol. The largest absolute Gasteiger partial charge is 0.342 e. The number of aromatic nitrogens is 4. The molecule has 2 aromatic heterocycles. The number of nitrogens with zero attached hydrogens (tertiary/aromatic N) is 6. The van der Waals surface area contributed by atoms with E-state index in [-0.39, 0.29) is 6.04 Å². The second-order valence-electron chi connectivity index (χ2n) is 6.48. The zero-order valence-electron chi connectivity index (χ0n) is 14.3. The Balaban J connectivity index is 1.60. The monoisotopic (exact) mass is 340 g/mol. The number of benzene rings is 1. The average molecular weight is 340 g/mol. The van der Waals surface area contributed by atoms with Gasteiger partial charge in [0.05, 0.1) is 11.7 Å². The van der Waals surface area contributed by atoms with Crippen LogP contribution in [0.5, 0.6) is 0 Å². The Morgan fingerprint density at radius 3 is 2.72 bits per heavy atom. The number of carbonyl (C=O) groups is 1. The van der Waals surface area contributed by atoms with Gasteiger partial charge in [-0.1, -0.05) is 6.07 Å². The molecule has 0 unspecified atom stereocenters. The van der Waals surface area contributed by atoms with E-state index in [0.717, 1.165) is 22.9 Å². The molecule has 3 heterocycles. The van der Waals surface area contributed by atoms with Crippen molar-refractivity contribution in [1.29, 1.82) is 0 Å². The van der Waals surface area contributed by atoms with Crippen molar-refractivity contribution in [3.8, 4) is 11.5 Å². The summed E-state index contributed by atoms with van der Waals surface area (Å²) in [4.78, 5) is 19.1. The Morgan fingerprint density at radius 1 is 1.20 bits per heavy atom. The first-order chi connectivity index (χ1) is 12.2. The van der Waals surface area contributed by atoms with Crippen LogP contribution in [0.2, 0.25) is 0 Å². The first kappa shape index (κ1) is 15.6. The van der Waals surface area contributed by atoms with E-state index >= 15 is 0 Å². The number of fused-ring (bicyclic) bond motifs is 1. The third-order valence-corrected chi connectivity index (χ3v) is 4.50. The van der Waals surface area contributed by atoms with Crippen LogP contribution in [0.25, 0.3) is 22.4 Å². The van der Waals surface area contributed by atoms with E-state index in [4.69, 9.17) is 4.52 Å². The number of rotatable bonds is 4. The van der Waals surface area contributed by atoms with Crippen LogP contribution in [-0.2, 0) is 4.79 Å². The summed E-state index contributed by atoms with van der Waals surface area (Å²) in [5.41, 5.74) is 1.92. The van der Waals surface area contributed by atoms with Crippen molar-refractivity contribution in [2.75, 3.05) is 31.1 Å². The van der Waals surface area contributed by atoms with Gasteiger partial charge >= 0.3 is 0 Å². The molecule has 0 spiro atoms. The van der Waals surface area contributed by atoms with Gasteiger partial charge in [-0.05, 0) is 31.1 Å². The molecule has 25 heavy (non-hydrogen) atoms. The summed E-state index contributed by atoms with van der Waals surface area (Å²) in [7, 11) is 0. The van der Waals surface area contributed by atoms with E-state index in [9.17, 15) is 4.79 Å². The first-order valence-corrected chi connectivity index (χ1v) is 8.41. The summed E-state index contributed by atoms with van der Waals surface area (Å²) in [6.45, 7) is 6.96. The molecule has 3 aromatic rings. The molecule has 4 rings (SSSR count). The summed E-state index contributed by atoms with van der Waals surface area (Å²) in [6.07, 6.45) is 2.75. The van der Waals surface area contributed by atoms with Gasteiger partial charge < -0.3 is 14.3 Å². The average Bonchev–Trinajstić information content (AvgIpc) is 3.28. The minimum atomic E-state index is 0.278. The SMILES string of the molecule is CC(C)n1ncc2ccc(-c3nc(N4CCN(C=O)CC4)no3)cc21. The summed E-state index contributed by atoms with van der Waals surface area (Å²) >= 11 is 0. The molecule has 0 bridgehead atoms. The highest BCUT2D eigenvalue weighted by Crippen LogP contribution is 2.26. The topological polar surface area (TPSA) is 80.3 Å². The smallest absolute Gasteiger partial charge is 0.266 e. The Hall–Kier alpha value is -2.90. The van der Waals surface area contributed by atoms with E-state index < -0.39 is 0 Å². The van der Waals surface area contributed by atoms with Gasteiger partial charge in [0.25, 0.3) is 11.8 Å². The molecule has 1 amide bonds. The van der Waals surface area contributed by atoms with Crippen LogP contribution >= 0.6 is 0 Å². The molecular weight excluding hydrogens is 320 g/mol. The standard InChI is InChI=1S/C17H20N6O2/c1-12(2)23-15-9-13(3-4-14(15)10-18-23)16-19-17(20-25-16)22-7-5-21(11-24)6-8-22/h3-4,9-12H,5-8H2,1-2H3. The van der Waals surface area contributed by atoms with Gasteiger partial charge in [-0.2, -0.15) is 10.1 Å². The third-order valence-electron chi connectivity index (χ3n) is 4.50. The molecule has 1 aliphatic heterocycles. The fraction of sp³-hybridized carbons (Fsp3) is 0.412. The van der Waals surface area contributed by atoms with Crippen LogP contribution in [0.15, 0.2) is 28.9 Å². The van der Waals surface area contributed by atoms with E-state index in [2.05, 4.69) is 29.1 Å². The fourth-order valence-electron chi connectivity index (χ4n) is 3.07. The van der Waals surface area contributed by atoms with Gasteiger partial charge in [0.15, 0.2) is 0 Å². The maximum Gasteiger partial charge on any atom is 0.266 e. The molecule has 0 aliphatic carbocycles. The van der Waals surface area contributed by atoms with Crippen molar-refractivity contribution in [2.24, 2.45) is 0 Å². The minimum absolute atomic E-state index is 0.278. The zero-order valence-corrected chi connectivity index (χ0v) is 14.3. The van der Waals surface area contributed by atoms with Crippen molar-refractivity contribution in [2.45, 2.75) is 19.9 Å². The molecule has 8 nitrogen and oxygen atoms in total. The van der Waals surface area contributed by atoms with Gasteiger partial charge in [-0.25, -0.2) is 0 Å². The van der Waals surface area contributed by atoms with Gasteiger partial charge in [0.2, 0.25) is 6.41 Å². The van der Waals surface area contributed by atoms with Crippen molar-refractivity contribution in [3.05, 3.63) is 24.4 Å². The van der Waals surface area contributed by atoms with Gasteiger partial charge in [0, 0.05) is 43.2 Å². The lowest BCUT2D eigenvalue weighted by Gasteiger charge is -2.31. The van der Waals surface area contributed by atoms with Gasteiger partial charge in [-0.15, -0.1) is 0 Å². The van der Waals surface area contributed by atoms with Crippen molar-refractivity contribution < 1.29 is 9.32 Å². The molecule has 0 radical (unpaired) electrons. The fourth-order valence-corrected chi connectivity index (χ4v) is 3.07. The number of piperazine rings is 1. The van der Waals surface area contributed by atoms with Crippen molar-refractivity contribution >= 4 is 23.3 Å². The molecule has 130 valence electrons. The maximum absolute atomic E-state index is 10.8. The lowest BCUT2D eigenvalue weighted by molar-refractivity contribution is -0.118. The molecular formula is C17H20N6O2. The second kappa shape index (κ2) is 6.19. The van der Waals surface area contributed by atoms with Crippen LogP contribution in [0.1, 0.15) is 19.9 Å². The summed E-state index contributed by atoms with van der Waals surface area (Å²) in [6, 6.07) is 6.30.